The first-order valence-electron chi connectivity index (χ1n) is 23.9. The number of carbonyl (C=O) groups excluding carboxylic acids is 2. The Morgan fingerprint density at radius 2 is 1.37 bits per heavy atom. The van der Waals surface area contributed by atoms with E-state index >= 15 is 0 Å². The maximum Gasteiger partial charge on any atom is 0.328 e. The van der Waals surface area contributed by atoms with Crippen LogP contribution in [0.2, 0.25) is 18.1 Å². The van der Waals surface area contributed by atoms with Gasteiger partial charge in [-0.3, -0.25) is 47.5 Å². The molecule has 3 aliphatic heterocycles. The van der Waals surface area contributed by atoms with Crippen molar-refractivity contribution in [2.45, 2.75) is 96.5 Å². The van der Waals surface area contributed by atoms with E-state index in [9.17, 15) is 28.4 Å². The third-order valence-electron chi connectivity index (χ3n) is 12.9. The van der Waals surface area contributed by atoms with Gasteiger partial charge in [-0.25, -0.2) is 19.9 Å². The average molecular weight is 1500 g/mol. The van der Waals surface area contributed by atoms with Gasteiger partial charge >= 0.3 is 15.2 Å². The molecular formula is C40H54N10O12P2S17Si. The fraction of sp³-hybridized carbons (Fsp3) is 0.550. The van der Waals surface area contributed by atoms with Gasteiger partial charge < -0.3 is 33.2 Å². The summed E-state index contributed by atoms with van der Waals surface area (Å²) in [7, 11) is 14.0. The van der Waals surface area contributed by atoms with E-state index in [0.29, 0.717) is 5.56 Å². The van der Waals surface area contributed by atoms with Crippen LogP contribution in [0.25, 0.3) is 22.3 Å². The van der Waals surface area contributed by atoms with Crippen LogP contribution in [-0.2, 0) is 197 Å². The van der Waals surface area contributed by atoms with Crippen molar-refractivity contribution in [3.05, 3.63) is 65.2 Å². The minimum atomic E-state index is -4.52. The van der Waals surface area contributed by atoms with Crippen LogP contribution in [0.5, 0.6) is 0 Å². The fourth-order valence-corrected chi connectivity index (χ4v) is 47.6. The van der Waals surface area contributed by atoms with Gasteiger partial charge in [0.2, 0.25) is 11.9 Å². The van der Waals surface area contributed by atoms with Crippen molar-refractivity contribution in [2.24, 2.45) is 17.8 Å². The number of nitrogens with one attached hydrogen (secondary N) is 3. The standard InChI is InChI=1S/C40H54N10O12P2Si.S17/c1-21(2)34(51)47-39-46-33-28(36(53)48-39)44-20-50(33)38-30(62-65(8,9)40(4,5)6)29-26(60-38)16-58-64(55,56)17-24-22(3)25(15-57-63(7,54)61-29)59-37(24)49-19-43-27-31(41-18-42-32(27)49)45-35(52)23-13-11-10-12-14-23;1-3-5-7-9-11-13-15-17-16-14-12-10-8-6-4-2/h10-14,18-22,24-26,29-30,37-38H,15-17H2,1-9H3,(H,55,56)(H,41,42,45,52)(H2,46,47,48,51,53);/t22?,24-,25+,26+,29?,30-,37+,38+,63?;/m0./s1. The number of imidazole rings is 2. The number of hydrogen-bond acceptors (Lipinski definition) is 18. The summed E-state index contributed by atoms with van der Waals surface area (Å²) in [6.45, 7) is 15.9. The monoisotopic (exact) mass is 1500 g/mol. The first-order valence-corrected chi connectivity index (χ1v) is 51.9. The van der Waals surface area contributed by atoms with Gasteiger partial charge in [-0.1, -0.05) is 59.7 Å². The number of ether oxygens (including phenoxy) is 2. The van der Waals surface area contributed by atoms with E-state index in [1.807, 2.05) is 40.8 Å². The van der Waals surface area contributed by atoms with Crippen LogP contribution in [0.1, 0.15) is 64.4 Å². The largest absolute Gasteiger partial charge is 0.407 e. The zero-order valence-electron chi connectivity index (χ0n) is 44.3. The second kappa shape index (κ2) is 31.6. The normalized spacial score (nSPS) is 25.4. The summed E-state index contributed by atoms with van der Waals surface area (Å²) in [4.78, 5) is 75.2. The van der Waals surface area contributed by atoms with Gasteiger partial charge in [-0.05, 0) is 36.2 Å². The number of carbonyl (C=O) groups is 2. The van der Waals surface area contributed by atoms with E-state index in [1.54, 1.807) is 164 Å². The highest BCUT2D eigenvalue weighted by Crippen LogP contribution is 2.56. The minimum Gasteiger partial charge on any atom is -0.407 e. The quantitative estimate of drug-likeness (QED) is 0.108. The number of hydrogen-bond donors (Lipinski definition) is 4. The van der Waals surface area contributed by atoms with Gasteiger partial charge in [0.1, 0.15) is 30.9 Å². The highest BCUT2D eigenvalue weighted by atomic mass is 33.5. The summed E-state index contributed by atoms with van der Waals surface area (Å²) in [5, 5.41) is 5.04. The van der Waals surface area contributed by atoms with Gasteiger partial charge in [0.25, 0.3) is 11.5 Å². The molecule has 82 heavy (non-hydrogen) atoms. The number of rotatable bonds is 8. The molecule has 4 N–H and O–H groups in total. The summed E-state index contributed by atoms with van der Waals surface area (Å²) in [5.41, 5.74) is 0.301. The number of amides is 2. The van der Waals surface area contributed by atoms with Gasteiger partial charge in [0.05, 0.1) is 38.1 Å². The molecule has 7 heterocycles. The van der Waals surface area contributed by atoms with E-state index in [4.69, 9.17) is 49.8 Å². The van der Waals surface area contributed by atoms with E-state index in [1.165, 1.54) is 48.0 Å². The molecule has 42 heteroatoms. The Morgan fingerprint density at radius 1 is 0.805 bits per heavy atom. The van der Waals surface area contributed by atoms with Crippen LogP contribution in [0.4, 0.5) is 11.8 Å². The van der Waals surface area contributed by atoms with Gasteiger partial charge in [0.15, 0.2) is 42.7 Å². The van der Waals surface area contributed by atoms with Crippen LogP contribution in [-0.4, -0.2) is 115 Å². The van der Waals surface area contributed by atoms with Crippen LogP contribution in [0, 0.1) is 17.8 Å². The molecule has 4 aromatic heterocycles. The van der Waals surface area contributed by atoms with E-state index < -0.39 is 102 Å². The summed E-state index contributed by atoms with van der Waals surface area (Å²) in [6.07, 6.45) is -2.69. The highest BCUT2D eigenvalue weighted by Gasteiger charge is 2.55. The Morgan fingerprint density at radius 3 is 1.95 bits per heavy atom. The third kappa shape index (κ3) is 18.6. The average Bonchev–Trinajstić information content (AvgIpc) is 4.36. The molecule has 22 nitrogen and oxygen atoms in total. The van der Waals surface area contributed by atoms with Crippen LogP contribution in [0.3, 0.4) is 0 Å². The maximum atomic E-state index is 14.6. The molecule has 2 bridgehead atoms. The molecule has 8 rings (SSSR count). The topological polar surface area (TPSA) is 275 Å². The summed E-state index contributed by atoms with van der Waals surface area (Å²) in [5.74, 6) is -2.34. The zero-order valence-corrected chi connectivity index (χ0v) is 61.0. The molecule has 5 aromatic rings. The molecule has 452 valence electrons. The van der Waals surface area contributed by atoms with Crippen LogP contribution in [0.15, 0.2) is 54.1 Å². The lowest BCUT2D eigenvalue weighted by atomic mass is 9.93. The van der Waals surface area contributed by atoms with Crippen molar-refractivity contribution in [2.75, 3.05) is 36.7 Å². The molecule has 10 atom stereocenters. The maximum absolute atomic E-state index is 14.6. The van der Waals surface area contributed by atoms with Crippen LogP contribution < -0.4 is 16.2 Å². The van der Waals surface area contributed by atoms with Crippen molar-refractivity contribution >= 4 is 225 Å². The Hall–Kier alpha value is -0.803. The molecule has 4 unspecified atom stereocenters. The molecule has 3 aliphatic rings. The third-order valence-corrected chi connectivity index (χ3v) is 51.2. The van der Waals surface area contributed by atoms with E-state index in [0.717, 1.165) is 0 Å². The molecule has 3 fully saturated rings. The molecule has 0 saturated carbocycles. The van der Waals surface area contributed by atoms with Crippen molar-refractivity contribution < 1.29 is 51.1 Å². The van der Waals surface area contributed by atoms with Crippen LogP contribution >= 0.6 is 15.2 Å². The lowest BCUT2D eigenvalue weighted by Crippen LogP contribution is -2.49. The lowest BCUT2D eigenvalue weighted by Gasteiger charge is -2.41. The summed E-state index contributed by atoms with van der Waals surface area (Å²) >= 11 is 9.48. The number of aromatic nitrogens is 8. The second-order valence-electron chi connectivity index (χ2n) is 19.5. The van der Waals surface area contributed by atoms with E-state index in [2.05, 4.69) is 40.5 Å². The predicted octanol–water partition coefficient (Wildman–Crippen LogP) is 5.64. The molecular weight excluding hydrogens is 1450 g/mol. The molecule has 3 saturated heterocycles. The Balaban J connectivity index is 0.000000493. The van der Waals surface area contributed by atoms with Gasteiger partial charge in [-0.15, -0.1) is 0 Å². The van der Waals surface area contributed by atoms with Gasteiger partial charge in [0, 0.05) is 180 Å². The Labute approximate surface area is 525 Å². The number of benzene rings is 1. The summed E-state index contributed by atoms with van der Waals surface area (Å²) in [6, 6.07) is 8.60. The number of fused-ring (bicyclic) bond motifs is 5. The van der Waals surface area contributed by atoms with E-state index in [-0.39, 0.29) is 51.6 Å². The molecule has 0 aliphatic carbocycles. The Bertz CT molecular complexity index is 4040. The molecule has 0 spiro atoms. The molecule has 1 aromatic carbocycles. The first-order chi connectivity index (χ1) is 38.9. The number of nitrogens with zero attached hydrogens (tertiary/aromatic N) is 7. The fourth-order valence-electron chi connectivity index (χ4n) is 7.94. The Kier molecular flexibility index (Phi) is 26.5. The van der Waals surface area contributed by atoms with Gasteiger partial charge in [-0.2, -0.15) is 4.98 Å². The zero-order chi connectivity index (χ0) is 59.4. The highest BCUT2D eigenvalue weighted by molar-refractivity contribution is 8.77. The molecule has 2 amide bonds. The lowest BCUT2D eigenvalue weighted by molar-refractivity contribution is -0.118. The van der Waals surface area contributed by atoms with Crippen molar-refractivity contribution in [1.82, 2.24) is 39.0 Å². The van der Waals surface area contributed by atoms with Crippen molar-refractivity contribution in [1.29, 1.82) is 0 Å². The number of aromatic amines is 1. The van der Waals surface area contributed by atoms with Crippen molar-refractivity contribution in [3.8, 4) is 0 Å². The van der Waals surface area contributed by atoms with Crippen molar-refractivity contribution in [3.63, 3.8) is 0 Å². The smallest absolute Gasteiger partial charge is 0.328 e. The second-order valence-corrected chi connectivity index (χ2v) is 54.7. The number of anilines is 2. The minimum absolute atomic E-state index is 0.0388. The predicted molar refractivity (Wildman–Crippen MR) is 364 cm³/mol. The summed E-state index contributed by atoms with van der Waals surface area (Å²) < 4.78 is 70.6. The number of H-pyrrole nitrogens is 1. The SMILES string of the molecule is CC(C)C(=O)Nc1nc2c(ncn2[C@@H]2O[C@@H]3COP(=O)(O)C[C@H]4C(C)[C@@H](COP(C)(=O)OC3[C@@H]2O[Si](C)(C)C(C)(C)C)O[C@H]4n2cnc3c(NC(=O)c4ccccc4)ncnc32)c(=O)[nH]1.S=S=S=S=S=S=S=S=S=S=S=S=S=S=S=S=S. The first kappa shape index (κ1) is 68.7. The molecule has 0 radical (unpaired) electrons.